The first-order valence-electron chi connectivity index (χ1n) is 10.4. The van der Waals surface area contributed by atoms with Gasteiger partial charge in [-0.25, -0.2) is 4.98 Å². The highest BCUT2D eigenvalue weighted by atomic mass is 32.1. The van der Waals surface area contributed by atoms with Crippen LogP contribution in [0.5, 0.6) is 0 Å². The third kappa shape index (κ3) is 4.68. The molecule has 5 heterocycles. The summed E-state index contributed by atoms with van der Waals surface area (Å²) in [6.07, 6.45) is 1.60. The van der Waals surface area contributed by atoms with Gasteiger partial charge in [0, 0.05) is 42.0 Å². The van der Waals surface area contributed by atoms with Crippen molar-refractivity contribution in [2.45, 2.75) is 13.1 Å². The van der Waals surface area contributed by atoms with Gasteiger partial charge in [0.25, 0.3) is 5.56 Å². The normalized spacial score (nSPS) is 15.4. The van der Waals surface area contributed by atoms with Gasteiger partial charge in [-0.3, -0.25) is 19.4 Å². The Balaban J connectivity index is 1.16. The van der Waals surface area contributed by atoms with Crippen LogP contribution in [0.1, 0.15) is 11.6 Å². The lowest BCUT2D eigenvalue weighted by Gasteiger charge is -2.33. The SMILES string of the molecule is O=C(CN1CCN(Cc2nc3scc(-c4cccs4)c3c(=O)[nH]2)CC1)NCc1ccco1. The van der Waals surface area contributed by atoms with Crippen LogP contribution in [0.15, 0.2) is 50.5 Å². The molecule has 0 aromatic carbocycles. The Labute approximate surface area is 192 Å². The molecular formula is C22H23N5O3S2. The van der Waals surface area contributed by atoms with Crippen molar-refractivity contribution in [1.29, 1.82) is 0 Å². The second-order valence-corrected chi connectivity index (χ2v) is 9.53. The van der Waals surface area contributed by atoms with Crippen LogP contribution in [-0.2, 0) is 17.9 Å². The molecule has 2 N–H and O–H groups in total. The Bertz CT molecular complexity index is 1240. The Morgan fingerprint density at radius 1 is 1.16 bits per heavy atom. The molecule has 0 spiro atoms. The van der Waals surface area contributed by atoms with Crippen LogP contribution in [-0.4, -0.2) is 58.4 Å². The number of H-pyrrole nitrogens is 1. The van der Waals surface area contributed by atoms with Crippen LogP contribution < -0.4 is 10.9 Å². The highest BCUT2D eigenvalue weighted by Gasteiger charge is 2.21. The van der Waals surface area contributed by atoms with Gasteiger partial charge in [0.2, 0.25) is 5.91 Å². The third-order valence-electron chi connectivity index (χ3n) is 5.53. The number of hydrogen-bond acceptors (Lipinski definition) is 8. The summed E-state index contributed by atoms with van der Waals surface area (Å²) in [6, 6.07) is 7.66. The number of aromatic amines is 1. The van der Waals surface area contributed by atoms with Gasteiger partial charge in [0.15, 0.2) is 0 Å². The van der Waals surface area contributed by atoms with Gasteiger partial charge < -0.3 is 14.7 Å². The van der Waals surface area contributed by atoms with E-state index in [1.165, 1.54) is 11.3 Å². The fourth-order valence-electron chi connectivity index (χ4n) is 3.86. The van der Waals surface area contributed by atoms with Crippen LogP contribution in [0.2, 0.25) is 0 Å². The maximum Gasteiger partial charge on any atom is 0.260 e. The average molecular weight is 470 g/mol. The van der Waals surface area contributed by atoms with E-state index in [0.29, 0.717) is 30.8 Å². The number of nitrogens with zero attached hydrogens (tertiary/aromatic N) is 3. The molecule has 0 aliphatic carbocycles. The van der Waals surface area contributed by atoms with Gasteiger partial charge in [-0.15, -0.1) is 22.7 Å². The van der Waals surface area contributed by atoms with Gasteiger partial charge in [-0.1, -0.05) is 6.07 Å². The third-order valence-corrected chi connectivity index (χ3v) is 7.30. The molecule has 8 nitrogen and oxygen atoms in total. The summed E-state index contributed by atoms with van der Waals surface area (Å²) < 4.78 is 5.23. The smallest absolute Gasteiger partial charge is 0.260 e. The minimum absolute atomic E-state index is 0.00876. The van der Waals surface area contributed by atoms with E-state index in [1.54, 1.807) is 17.6 Å². The molecule has 166 valence electrons. The minimum atomic E-state index is -0.0819. The largest absolute Gasteiger partial charge is 0.467 e. The molecule has 1 aliphatic rings. The Hall–Kier alpha value is -2.79. The first-order chi connectivity index (χ1) is 15.7. The molecule has 32 heavy (non-hydrogen) atoms. The van der Waals surface area contributed by atoms with Gasteiger partial charge in [-0.05, 0) is 23.6 Å². The van der Waals surface area contributed by atoms with Crippen molar-refractivity contribution < 1.29 is 9.21 Å². The van der Waals surface area contributed by atoms with Gasteiger partial charge in [0.1, 0.15) is 16.4 Å². The molecule has 5 rings (SSSR count). The second kappa shape index (κ2) is 9.37. The number of hydrogen-bond donors (Lipinski definition) is 2. The zero-order valence-corrected chi connectivity index (χ0v) is 19.0. The summed E-state index contributed by atoms with van der Waals surface area (Å²) in [7, 11) is 0. The molecule has 0 bridgehead atoms. The summed E-state index contributed by atoms with van der Waals surface area (Å²) in [5.74, 6) is 1.42. The Morgan fingerprint density at radius 2 is 2.00 bits per heavy atom. The van der Waals surface area contributed by atoms with Crippen molar-refractivity contribution in [2.75, 3.05) is 32.7 Å². The molecule has 1 amide bonds. The zero-order valence-electron chi connectivity index (χ0n) is 17.4. The number of piperazine rings is 1. The Morgan fingerprint density at radius 3 is 2.75 bits per heavy atom. The average Bonchev–Trinajstić information content (AvgIpc) is 3.55. The summed E-state index contributed by atoms with van der Waals surface area (Å²) in [5, 5.41) is 7.58. The molecule has 0 saturated carbocycles. The van der Waals surface area contributed by atoms with Crippen molar-refractivity contribution >= 4 is 38.8 Å². The number of amides is 1. The molecule has 0 radical (unpaired) electrons. The molecule has 10 heteroatoms. The van der Waals surface area contributed by atoms with E-state index >= 15 is 0 Å². The molecule has 4 aromatic rings. The van der Waals surface area contributed by atoms with Crippen molar-refractivity contribution in [3.63, 3.8) is 0 Å². The number of rotatable bonds is 7. The molecule has 0 unspecified atom stereocenters. The number of carbonyl (C=O) groups is 1. The summed E-state index contributed by atoms with van der Waals surface area (Å²) in [5.41, 5.74) is 0.876. The maximum atomic E-state index is 12.8. The second-order valence-electron chi connectivity index (χ2n) is 7.73. The number of furan rings is 1. The predicted octanol–water partition coefficient (Wildman–Crippen LogP) is 2.74. The number of aromatic nitrogens is 2. The maximum absolute atomic E-state index is 12.8. The molecule has 1 saturated heterocycles. The van der Waals surface area contributed by atoms with Crippen molar-refractivity contribution in [3.05, 3.63) is 63.2 Å². The zero-order chi connectivity index (χ0) is 21.9. The lowest BCUT2D eigenvalue weighted by atomic mass is 10.2. The number of thiophene rings is 2. The van der Waals surface area contributed by atoms with Crippen LogP contribution in [0.4, 0.5) is 0 Å². The fourth-order valence-corrected chi connectivity index (χ4v) is 5.64. The van der Waals surface area contributed by atoms with E-state index < -0.39 is 0 Å². The van der Waals surface area contributed by atoms with E-state index in [2.05, 4.69) is 20.1 Å². The highest BCUT2D eigenvalue weighted by Crippen LogP contribution is 2.33. The minimum Gasteiger partial charge on any atom is -0.467 e. The van der Waals surface area contributed by atoms with Crippen molar-refractivity contribution in [1.82, 2.24) is 25.1 Å². The molecular weight excluding hydrogens is 446 g/mol. The molecule has 1 aliphatic heterocycles. The summed E-state index contributed by atoms with van der Waals surface area (Å²) in [6.45, 7) is 4.59. The first-order valence-corrected chi connectivity index (χ1v) is 12.2. The molecule has 4 aromatic heterocycles. The fraction of sp³-hybridized carbons (Fsp3) is 0.318. The van der Waals surface area contributed by atoms with E-state index in [9.17, 15) is 9.59 Å². The van der Waals surface area contributed by atoms with Gasteiger partial charge in [-0.2, -0.15) is 0 Å². The number of nitrogens with one attached hydrogen (secondary N) is 2. The van der Waals surface area contributed by atoms with Gasteiger partial charge >= 0.3 is 0 Å². The van der Waals surface area contributed by atoms with Crippen molar-refractivity contribution in [3.8, 4) is 10.4 Å². The summed E-state index contributed by atoms with van der Waals surface area (Å²) in [4.78, 5) is 38.9. The predicted molar refractivity (Wildman–Crippen MR) is 126 cm³/mol. The highest BCUT2D eigenvalue weighted by molar-refractivity contribution is 7.18. The van der Waals surface area contributed by atoms with Crippen LogP contribution >= 0.6 is 22.7 Å². The molecule has 0 atom stereocenters. The standard InChI is InChI=1S/C22H23N5O3S2/c28-19(23-11-15-3-1-9-30-15)13-27-7-5-26(6-8-27)12-18-24-21(29)20-16(14-32-22(20)25-18)17-4-2-10-31-17/h1-4,9-10,14H,5-8,11-13H2,(H,23,28)(H,24,25,29). The van der Waals surface area contributed by atoms with Crippen molar-refractivity contribution in [2.24, 2.45) is 0 Å². The monoisotopic (exact) mass is 469 g/mol. The summed E-state index contributed by atoms with van der Waals surface area (Å²) >= 11 is 3.13. The van der Waals surface area contributed by atoms with Crippen LogP contribution in [0.25, 0.3) is 20.7 Å². The first kappa shape index (κ1) is 21.1. The number of fused-ring (bicyclic) bond motifs is 1. The topological polar surface area (TPSA) is 94.5 Å². The van der Waals surface area contributed by atoms with E-state index in [-0.39, 0.29) is 11.5 Å². The lowest BCUT2D eigenvalue weighted by Crippen LogP contribution is -2.49. The van der Waals surface area contributed by atoms with E-state index in [1.807, 2.05) is 35.0 Å². The molecule has 1 fully saturated rings. The number of carbonyl (C=O) groups excluding carboxylic acids is 1. The van der Waals surface area contributed by atoms with Gasteiger partial charge in [0.05, 0.1) is 31.3 Å². The quantitative estimate of drug-likeness (QED) is 0.432. The lowest BCUT2D eigenvalue weighted by molar-refractivity contribution is -0.122. The van der Waals surface area contributed by atoms with E-state index in [4.69, 9.17) is 9.40 Å². The Kier molecular flexibility index (Phi) is 6.17. The van der Waals surface area contributed by atoms with Crippen LogP contribution in [0, 0.1) is 0 Å². The van der Waals surface area contributed by atoms with E-state index in [0.717, 1.165) is 47.2 Å². The van der Waals surface area contributed by atoms with Crippen LogP contribution in [0.3, 0.4) is 0 Å².